The van der Waals surface area contributed by atoms with Crippen LogP contribution >= 0.6 is 11.6 Å². The Labute approximate surface area is 129 Å². The van der Waals surface area contributed by atoms with Crippen LogP contribution in [0.1, 0.15) is 18.4 Å². The maximum absolute atomic E-state index is 8.74. The van der Waals surface area contributed by atoms with Crippen LogP contribution in [0, 0.1) is 11.3 Å². The van der Waals surface area contributed by atoms with Crippen LogP contribution < -0.4 is 10.6 Å². The lowest BCUT2D eigenvalue weighted by atomic mass is 10.3. The third-order valence-corrected chi connectivity index (χ3v) is 3.13. The molecule has 0 amide bonds. The molecule has 108 valence electrons. The summed E-state index contributed by atoms with van der Waals surface area (Å²) in [6.45, 7) is 1.65. The lowest BCUT2D eigenvalue weighted by Crippen LogP contribution is -2.08. The third-order valence-electron chi connectivity index (χ3n) is 2.84. The van der Waals surface area contributed by atoms with Crippen LogP contribution in [0.5, 0.6) is 0 Å². The summed E-state index contributed by atoms with van der Waals surface area (Å²) in [4.78, 5) is 8.31. The Bertz CT molecular complexity index is 609. The number of hydrogen-bond donors (Lipinski definition) is 2. The molecule has 0 fully saturated rings. The van der Waals surface area contributed by atoms with E-state index >= 15 is 0 Å². The Kier molecular flexibility index (Phi) is 5.80. The highest BCUT2D eigenvalue weighted by Crippen LogP contribution is 2.19. The fourth-order valence-corrected chi connectivity index (χ4v) is 2.00. The molecule has 0 aliphatic carbocycles. The van der Waals surface area contributed by atoms with E-state index in [1.54, 1.807) is 12.3 Å². The monoisotopic (exact) mass is 301 g/mol. The van der Waals surface area contributed by atoms with E-state index in [1.807, 2.05) is 24.3 Å². The number of nitriles is 1. The molecule has 0 aliphatic heterocycles. The molecule has 0 saturated heterocycles. The van der Waals surface area contributed by atoms with Crippen molar-refractivity contribution in [1.29, 1.82) is 5.26 Å². The largest absolute Gasteiger partial charge is 0.370 e. The van der Waals surface area contributed by atoms with Gasteiger partial charge in [-0.05, 0) is 31.0 Å². The fourth-order valence-electron chi connectivity index (χ4n) is 1.77. The zero-order valence-electron chi connectivity index (χ0n) is 11.5. The van der Waals surface area contributed by atoms with Crippen molar-refractivity contribution in [3.63, 3.8) is 0 Å². The highest BCUT2D eigenvalue weighted by molar-refractivity contribution is 6.33. The number of pyridine rings is 2. The highest BCUT2D eigenvalue weighted by Gasteiger charge is 2.02. The molecule has 0 unspecified atom stereocenters. The molecule has 6 heteroatoms. The van der Waals surface area contributed by atoms with Gasteiger partial charge in [-0.15, -0.1) is 0 Å². The molecule has 0 aromatic carbocycles. The summed E-state index contributed by atoms with van der Waals surface area (Å²) in [5.41, 5.74) is 0.463. The standard InChI is InChI=1S/C15H16ClN5/c16-13-9-12(10-17)11-21-15(13)20-8-4-3-7-19-14-5-1-2-6-18-14/h1-2,5-6,9,11H,3-4,7-8H2,(H,18,19)(H,20,21). The van der Waals surface area contributed by atoms with E-state index in [4.69, 9.17) is 16.9 Å². The van der Waals surface area contributed by atoms with Gasteiger partial charge in [0.05, 0.1) is 10.6 Å². The Hall–Kier alpha value is -2.32. The average Bonchev–Trinajstić information content (AvgIpc) is 2.53. The van der Waals surface area contributed by atoms with Gasteiger partial charge in [0.15, 0.2) is 0 Å². The summed E-state index contributed by atoms with van der Waals surface area (Å²) in [6, 6.07) is 9.41. The Morgan fingerprint density at radius 1 is 1.14 bits per heavy atom. The summed E-state index contributed by atoms with van der Waals surface area (Å²) in [6.07, 6.45) is 5.27. The number of aromatic nitrogens is 2. The molecule has 5 nitrogen and oxygen atoms in total. The summed E-state index contributed by atoms with van der Waals surface area (Å²) < 4.78 is 0. The molecule has 21 heavy (non-hydrogen) atoms. The van der Waals surface area contributed by atoms with E-state index in [-0.39, 0.29) is 0 Å². The van der Waals surface area contributed by atoms with Crippen LogP contribution in [0.3, 0.4) is 0 Å². The van der Waals surface area contributed by atoms with E-state index in [0.717, 1.165) is 31.7 Å². The molecule has 0 saturated carbocycles. The second kappa shape index (κ2) is 8.08. The van der Waals surface area contributed by atoms with E-state index in [2.05, 4.69) is 20.6 Å². The maximum Gasteiger partial charge on any atom is 0.144 e. The van der Waals surface area contributed by atoms with Crippen molar-refractivity contribution in [3.05, 3.63) is 47.2 Å². The molecule has 0 atom stereocenters. The first-order chi connectivity index (χ1) is 10.3. The number of halogens is 1. The summed E-state index contributed by atoms with van der Waals surface area (Å²) >= 11 is 6.03. The third kappa shape index (κ3) is 4.93. The predicted octanol–water partition coefficient (Wildman–Crippen LogP) is 3.31. The predicted molar refractivity (Wildman–Crippen MR) is 84.4 cm³/mol. The number of anilines is 2. The molecule has 0 bridgehead atoms. The van der Waals surface area contributed by atoms with E-state index in [1.165, 1.54) is 6.20 Å². The number of unbranched alkanes of at least 4 members (excludes halogenated alkanes) is 1. The zero-order valence-corrected chi connectivity index (χ0v) is 12.3. The van der Waals surface area contributed by atoms with Gasteiger partial charge in [0.2, 0.25) is 0 Å². The Morgan fingerprint density at radius 2 is 1.95 bits per heavy atom. The number of nitrogens with zero attached hydrogens (tertiary/aromatic N) is 3. The van der Waals surface area contributed by atoms with Gasteiger partial charge >= 0.3 is 0 Å². The van der Waals surface area contributed by atoms with Crippen LogP contribution in [0.2, 0.25) is 5.02 Å². The molecule has 0 radical (unpaired) electrons. The zero-order chi connectivity index (χ0) is 14.9. The van der Waals surface area contributed by atoms with Crippen molar-refractivity contribution in [3.8, 4) is 6.07 Å². The summed E-state index contributed by atoms with van der Waals surface area (Å²) in [7, 11) is 0. The van der Waals surface area contributed by atoms with Crippen molar-refractivity contribution in [2.45, 2.75) is 12.8 Å². The molecule has 0 spiro atoms. The van der Waals surface area contributed by atoms with Crippen LogP contribution in [-0.4, -0.2) is 23.1 Å². The van der Waals surface area contributed by atoms with Crippen LogP contribution in [-0.2, 0) is 0 Å². The minimum atomic E-state index is 0.463. The van der Waals surface area contributed by atoms with E-state index < -0.39 is 0 Å². The summed E-state index contributed by atoms with van der Waals surface area (Å²) in [5, 5.41) is 15.6. The van der Waals surface area contributed by atoms with Gasteiger partial charge in [0, 0.05) is 25.5 Å². The van der Waals surface area contributed by atoms with E-state index in [9.17, 15) is 0 Å². The van der Waals surface area contributed by atoms with Gasteiger partial charge in [-0.25, -0.2) is 9.97 Å². The van der Waals surface area contributed by atoms with Crippen molar-refractivity contribution in [1.82, 2.24) is 9.97 Å². The van der Waals surface area contributed by atoms with Crippen LogP contribution in [0.15, 0.2) is 36.7 Å². The van der Waals surface area contributed by atoms with Gasteiger partial charge in [-0.2, -0.15) is 5.26 Å². The van der Waals surface area contributed by atoms with Gasteiger partial charge in [0.25, 0.3) is 0 Å². The minimum Gasteiger partial charge on any atom is -0.370 e. The normalized spacial score (nSPS) is 9.90. The molecule has 2 heterocycles. The SMILES string of the molecule is N#Cc1cnc(NCCCCNc2ccccn2)c(Cl)c1. The Balaban J connectivity index is 1.65. The molecular weight excluding hydrogens is 286 g/mol. The second-order valence-corrected chi connectivity index (χ2v) is 4.85. The topological polar surface area (TPSA) is 73.6 Å². The van der Waals surface area contributed by atoms with Gasteiger partial charge in [0.1, 0.15) is 17.7 Å². The lowest BCUT2D eigenvalue weighted by Gasteiger charge is -2.08. The quantitative estimate of drug-likeness (QED) is 0.768. The van der Waals surface area contributed by atoms with Crippen molar-refractivity contribution >= 4 is 23.2 Å². The maximum atomic E-state index is 8.74. The van der Waals surface area contributed by atoms with Crippen molar-refractivity contribution < 1.29 is 0 Å². The first kappa shape index (κ1) is 15.1. The first-order valence-corrected chi connectivity index (χ1v) is 7.12. The Morgan fingerprint density at radius 3 is 2.62 bits per heavy atom. The molecule has 0 aliphatic rings. The van der Waals surface area contributed by atoms with Crippen LogP contribution in [0.25, 0.3) is 0 Å². The average molecular weight is 302 g/mol. The molecule has 2 N–H and O–H groups in total. The molecule has 2 aromatic rings. The van der Waals surface area contributed by atoms with Gasteiger partial charge in [-0.1, -0.05) is 17.7 Å². The summed E-state index contributed by atoms with van der Waals surface area (Å²) in [5.74, 6) is 1.51. The molecular formula is C15H16ClN5. The minimum absolute atomic E-state index is 0.463. The van der Waals surface area contributed by atoms with Crippen molar-refractivity contribution in [2.24, 2.45) is 0 Å². The van der Waals surface area contributed by atoms with Crippen LogP contribution in [0.4, 0.5) is 11.6 Å². The molecule has 2 aromatic heterocycles. The second-order valence-electron chi connectivity index (χ2n) is 4.44. The number of hydrogen-bond acceptors (Lipinski definition) is 5. The fraction of sp³-hybridized carbons (Fsp3) is 0.267. The number of nitrogens with one attached hydrogen (secondary N) is 2. The lowest BCUT2D eigenvalue weighted by molar-refractivity contribution is 0.791. The van der Waals surface area contributed by atoms with Gasteiger partial charge in [-0.3, -0.25) is 0 Å². The first-order valence-electron chi connectivity index (χ1n) is 6.74. The smallest absolute Gasteiger partial charge is 0.144 e. The highest BCUT2D eigenvalue weighted by atomic mass is 35.5. The van der Waals surface area contributed by atoms with E-state index in [0.29, 0.717) is 16.4 Å². The van der Waals surface area contributed by atoms with Gasteiger partial charge < -0.3 is 10.6 Å². The van der Waals surface area contributed by atoms with Crippen molar-refractivity contribution in [2.75, 3.05) is 23.7 Å². The molecule has 2 rings (SSSR count). The number of rotatable bonds is 7.